The van der Waals surface area contributed by atoms with Gasteiger partial charge in [-0.15, -0.1) is 11.3 Å². The second-order valence-corrected chi connectivity index (χ2v) is 5.02. The molecular weight excluding hydrogens is 280 g/mol. The van der Waals surface area contributed by atoms with Gasteiger partial charge in [-0.05, 0) is 6.07 Å². The van der Waals surface area contributed by atoms with Crippen LogP contribution in [0.15, 0.2) is 24.7 Å². The van der Waals surface area contributed by atoms with Gasteiger partial charge in [-0.3, -0.25) is 4.98 Å². The highest BCUT2D eigenvalue weighted by Gasteiger charge is 2.18. The van der Waals surface area contributed by atoms with Crippen LogP contribution < -0.4 is 0 Å². The molecule has 0 aliphatic rings. The van der Waals surface area contributed by atoms with Gasteiger partial charge in [-0.2, -0.15) is 5.10 Å². The molecule has 1 N–H and O–H groups in total. The van der Waals surface area contributed by atoms with E-state index in [1.165, 1.54) is 0 Å². The summed E-state index contributed by atoms with van der Waals surface area (Å²) in [6, 6.07) is 1.61. The number of thiophene rings is 1. The third kappa shape index (κ3) is 2.04. The first-order valence-corrected chi connectivity index (χ1v) is 6.52. The highest BCUT2D eigenvalue weighted by molar-refractivity contribution is 7.20. The number of nitrogens with zero attached hydrogens (tertiary/aromatic N) is 4. The van der Waals surface area contributed by atoms with Crippen molar-refractivity contribution in [3.05, 3.63) is 35.2 Å². The third-order valence-electron chi connectivity index (χ3n) is 2.69. The summed E-state index contributed by atoms with van der Waals surface area (Å²) >= 11 is 1.15. The first-order valence-electron chi connectivity index (χ1n) is 5.70. The predicted molar refractivity (Wildman–Crippen MR) is 72.2 cm³/mol. The molecule has 0 atom stereocenters. The molecule has 3 aromatic heterocycles. The lowest BCUT2D eigenvalue weighted by Crippen LogP contribution is -2.00. The Morgan fingerprint density at radius 3 is 3.00 bits per heavy atom. The van der Waals surface area contributed by atoms with Crippen molar-refractivity contribution in [2.24, 2.45) is 0 Å². The van der Waals surface area contributed by atoms with Crippen LogP contribution in [0, 0.1) is 0 Å². The van der Waals surface area contributed by atoms with E-state index in [0.717, 1.165) is 21.6 Å². The van der Waals surface area contributed by atoms with Crippen molar-refractivity contribution < 1.29 is 14.6 Å². The maximum atomic E-state index is 11.1. The third-order valence-corrected chi connectivity index (χ3v) is 3.79. The number of aromatic carboxylic acids is 1. The van der Waals surface area contributed by atoms with Crippen LogP contribution in [0.3, 0.4) is 0 Å². The number of rotatable bonds is 4. The molecule has 0 unspecified atom stereocenters. The van der Waals surface area contributed by atoms with Crippen LogP contribution in [0.5, 0.6) is 0 Å². The van der Waals surface area contributed by atoms with E-state index in [1.807, 2.05) is 0 Å². The highest BCUT2D eigenvalue weighted by Crippen LogP contribution is 2.30. The molecule has 0 aliphatic heterocycles. The summed E-state index contributed by atoms with van der Waals surface area (Å²) in [5.41, 5.74) is 0.678. The Bertz CT molecular complexity index is 766. The van der Waals surface area contributed by atoms with E-state index in [2.05, 4.69) is 15.1 Å². The number of methoxy groups -OCH3 is 1. The van der Waals surface area contributed by atoms with Gasteiger partial charge in [-0.1, -0.05) is 0 Å². The second kappa shape index (κ2) is 4.99. The van der Waals surface area contributed by atoms with Crippen LogP contribution in [-0.2, 0) is 11.3 Å². The van der Waals surface area contributed by atoms with Crippen LogP contribution in [-0.4, -0.2) is 37.9 Å². The Balaban J connectivity index is 2.23. The minimum absolute atomic E-state index is 0.257. The monoisotopic (exact) mass is 290 g/mol. The molecule has 0 saturated carbocycles. The minimum Gasteiger partial charge on any atom is -0.477 e. The van der Waals surface area contributed by atoms with Crippen molar-refractivity contribution in [3.63, 3.8) is 0 Å². The van der Waals surface area contributed by atoms with Gasteiger partial charge in [-0.25, -0.2) is 14.5 Å². The van der Waals surface area contributed by atoms with Gasteiger partial charge in [0, 0.05) is 24.9 Å². The summed E-state index contributed by atoms with van der Waals surface area (Å²) < 4.78 is 6.69. The summed E-state index contributed by atoms with van der Waals surface area (Å²) in [5.74, 6) is -0.418. The van der Waals surface area contributed by atoms with Gasteiger partial charge < -0.3 is 9.84 Å². The van der Waals surface area contributed by atoms with Crippen molar-refractivity contribution in [2.45, 2.75) is 6.61 Å². The maximum Gasteiger partial charge on any atom is 0.345 e. The van der Waals surface area contributed by atoms with E-state index >= 15 is 0 Å². The Labute approximate surface area is 117 Å². The van der Waals surface area contributed by atoms with Gasteiger partial charge in [0.25, 0.3) is 0 Å². The highest BCUT2D eigenvalue weighted by atomic mass is 32.1. The molecule has 3 aromatic rings. The maximum absolute atomic E-state index is 11.1. The molecule has 0 bridgehead atoms. The fraction of sp³-hybridized carbons (Fsp3) is 0.167. The zero-order chi connectivity index (χ0) is 14.1. The molecular formula is C12H10N4O3S. The number of hydrogen-bond acceptors (Lipinski definition) is 6. The van der Waals surface area contributed by atoms with Crippen LogP contribution in [0.1, 0.15) is 15.4 Å². The number of carboxylic acids is 1. The molecule has 0 fully saturated rings. The van der Waals surface area contributed by atoms with Crippen molar-refractivity contribution >= 4 is 27.5 Å². The van der Waals surface area contributed by atoms with Crippen molar-refractivity contribution in [1.29, 1.82) is 0 Å². The lowest BCUT2D eigenvalue weighted by Gasteiger charge is -1.99. The fourth-order valence-electron chi connectivity index (χ4n) is 1.87. The molecule has 0 spiro atoms. The summed E-state index contributed by atoms with van der Waals surface area (Å²) in [7, 11) is 1.57. The lowest BCUT2D eigenvalue weighted by molar-refractivity contribution is 0.0702. The Hall–Kier alpha value is -2.32. The largest absolute Gasteiger partial charge is 0.477 e. The average Bonchev–Trinajstić information content (AvgIpc) is 3.01. The number of fused-ring (bicyclic) bond motifs is 1. The molecule has 20 heavy (non-hydrogen) atoms. The van der Waals surface area contributed by atoms with E-state index in [0.29, 0.717) is 18.1 Å². The number of hydrogen-bond donors (Lipinski definition) is 1. The zero-order valence-electron chi connectivity index (χ0n) is 10.5. The molecule has 102 valence electrons. The Kier molecular flexibility index (Phi) is 3.17. The van der Waals surface area contributed by atoms with Crippen LogP contribution in [0.4, 0.5) is 0 Å². The molecule has 8 heteroatoms. The van der Waals surface area contributed by atoms with Gasteiger partial charge in [0.1, 0.15) is 9.71 Å². The quantitative estimate of drug-likeness (QED) is 0.787. The summed E-state index contributed by atoms with van der Waals surface area (Å²) in [4.78, 5) is 20.3. The lowest BCUT2D eigenvalue weighted by atomic mass is 10.3. The first-order chi connectivity index (χ1) is 9.70. The number of aromatic nitrogens is 4. The number of carbonyl (C=O) groups is 1. The molecule has 7 nitrogen and oxygen atoms in total. The van der Waals surface area contributed by atoms with E-state index in [-0.39, 0.29) is 4.88 Å². The normalized spacial score (nSPS) is 11.1. The van der Waals surface area contributed by atoms with E-state index in [9.17, 15) is 4.79 Å². The Morgan fingerprint density at radius 1 is 1.50 bits per heavy atom. The molecule has 0 aliphatic carbocycles. The van der Waals surface area contributed by atoms with Crippen molar-refractivity contribution in [3.8, 4) is 5.82 Å². The smallest absolute Gasteiger partial charge is 0.345 e. The molecule has 3 rings (SSSR count). The topological polar surface area (TPSA) is 90.1 Å². The van der Waals surface area contributed by atoms with Gasteiger partial charge in [0.15, 0.2) is 5.82 Å². The molecule has 3 heterocycles. The molecule has 0 radical (unpaired) electrons. The summed E-state index contributed by atoms with van der Waals surface area (Å²) in [5, 5.41) is 14.3. The van der Waals surface area contributed by atoms with Crippen molar-refractivity contribution in [1.82, 2.24) is 19.7 Å². The first kappa shape index (κ1) is 12.7. The predicted octanol–water partition coefficient (Wildman–Crippen LogP) is 1.72. The number of carboxylic acid groups (broad SMARTS) is 1. The fourth-order valence-corrected chi connectivity index (χ4v) is 2.85. The Morgan fingerprint density at radius 2 is 2.35 bits per heavy atom. The van der Waals surface area contributed by atoms with E-state index in [4.69, 9.17) is 9.84 Å². The van der Waals surface area contributed by atoms with Gasteiger partial charge in [0.2, 0.25) is 0 Å². The van der Waals surface area contributed by atoms with Gasteiger partial charge >= 0.3 is 5.97 Å². The van der Waals surface area contributed by atoms with E-state index in [1.54, 1.807) is 36.4 Å². The minimum atomic E-state index is -0.958. The molecule has 0 amide bonds. The average molecular weight is 290 g/mol. The number of ether oxygens (including phenoxy) is 1. The second-order valence-electron chi connectivity index (χ2n) is 3.99. The van der Waals surface area contributed by atoms with Crippen LogP contribution in [0.2, 0.25) is 0 Å². The standard InChI is InChI=1S/C12H10N4O3S/c1-19-6-8-7-4-9(12(17)18)20-11(7)16(15-8)10-5-13-2-3-14-10/h2-5H,6H2,1H3,(H,17,18). The summed E-state index contributed by atoms with van der Waals surface area (Å²) in [6.45, 7) is 0.305. The van der Waals surface area contributed by atoms with Crippen LogP contribution in [0.25, 0.3) is 16.0 Å². The molecule has 0 aromatic carbocycles. The van der Waals surface area contributed by atoms with E-state index < -0.39 is 5.97 Å². The zero-order valence-corrected chi connectivity index (χ0v) is 11.3. The SMILES string of the molecule is COCc1nn(-c2cnccn2)c2sc(C(=O)O)cc12. The van der Waals surface area contributed by atoms with Crippen molar-refractivity contribution in [2.75, 3.05) is 7.11 Å². The van der Waals surface area contributed by atoms with Crippen LogP contribution >= 0.6 is 11.3 Å². The van der Waals surface area contributed by atoms with Gasteiger partial charge in [0.05, 0.1) is 18.5 Å². The summed E-state index contributed by atoms with van der Waals surface area (Å²) in [6.07, 6.45) is 4.70. The molecule has 0 saturated heterocycles.